The van der Waals surface area contributed by atoms with Gasteiger partial charge in [0.25, 0.3) is 0 Å². The molecule has 0 spiro atoms. The number of aliphatic hydroxyl groups is 5. The highest BCUT2D eigenvalue weighted by molar-refractivity contribution is 5.32. The van der Waals surface area contributed by atoms with Gasteiger partial charge in [-0.15, -0.1) is 0 Å². The van der Waals surface area contributed by atoms with Gasteiger partial charge in [0.05, 0.1) is 24.4 Å². The van der Waals surface area contributed by atoms with Crippen LogP contribution in [-0.2, 0) is 14.2 Å². The molecule has 1 aliphatic carbocycles. The number of fused-ring (bicyclic) bond motifs is 1. The molecule has 23 heavy (non-hydrogen) atoms. The van der Waals surface area contributed by atoms with E-state index in [0.717, 1.165) is 5.57 Å². The zero-order valence-electron chi connectivity index (χ0n) is 12.6. The van der Waals surface area contributed by atoms with Crippen molar-refractivity contribution in [1.82, 2.24) is 0 Å². The molecule has 1 saturated heterocycles. The van der Waals surface area contributed by atoms with Gasteiger partial charge in [-0.3, -0.25) is 0 Å². The summed E-state index contributed by atoms with van der Waals surface area (Å²) < 4.78 is 16.3. The molecule has 0 aromatic rings. The van der Waals surface area contributed by atoms with Gasteiger partial charge in [-0.2, -0.15) is 0 Å². The topological polar surface area (TPSA) is 129 Å². The average Bonchev–Trinajstić information content (AvgIpc) is 2.84. The van der Waals surface area contributed by atoms with Gasteiger partial charge in [0, 0.05) is 0 Å². The Kier molecular flexibility index (Phi) is 4.49. The standard InChI is InChI=1S/C15H22O8/c1-15(20)4-2-7-3-5-21-13(9(7)15)23-14-12(19)11(18)10(17)8(6-16)22-14/h2-3,5,8-14,16-20H,4,6H2,1H3/t8-,9+,10-,11+,12-,13-,14+,15-/m0/s1. The normalized spacial score (nSPS) is 49.5. The van der Waals surface area contributed by atoms with Crippen LogP contribution in [-0.4, -0.2) is 74.7 Å². The van der Waals surface area contributed by atoms with Crippen LogP contribution in [0.2, 0.25) is 0 Å². The molecule has 0 aromatic heterocycles. The molecule has 3 rings (SSSR count). The monoisotopic (exact) mass is 330 g/mol. The van der Waals surface area contributed by atoms with E-state index >= 15 is 0 Å². The minimum atomic E-state index is -1.52. The van der Waals surface area contributed by atoms with E-state index < -0.39 is 55.1 Å². The Hall–Kier alpha value is -1.00. The lowest BCUT2D eigenvalue weighted by molar-refractivity contribution is -0.342. The van der Waals surface area contributed by atoms with Crippen LogP contribution in [0.5, 0.6) is 0 Å². The lowest BCUT2D eigenvalue weighted by Gasteiger charge is -2.43. The van der Waals surface area contributed by atoms with Crippen molar-refractivity contribution in [1.29, 1.82) is 0 Å². The third-order valence-electron chi connectivity index (χ3n) is 4.64. The molecule has 0 radical (unpaired) electrons. The fraction of sp³-hybridized carbons (Fsp3) is 0.733. The summed E-state index contributed by atoms with van der Waals surface area (Å²) in [7, 11) is 0. The van der Waals surface area contributed by atoms with Crippen molar-refractivity contribution in [3.8, 4) is 0 Å². The van der Waals surface area contributed by atoms with Gasteiger partial charge in [0.1, 0.15) is 24.4 Å². The lowest BCUT2D eigenvalue weighted by Crippen LogP contribution is -2.60. The zero-order valence-corrected chi connectivity index (χ0v) is 12.6. The van der Waals surface area contributed by atoms with Crippen molar-refractivity contribution in [3.05, 3.63) is 24.0 Å². The first-order chi connectivity index (χ1) is 10.8. The highest BCUT2D eigenvalue weighted by Gasteiger charge is 2.50. The van der Waals surface area contributed by atoms with Gasteiger partial charge in [0.2, 0.25) is 6.29 Å². The van der Waals surface area contributed by atoms with E-state index in [2.05, 4.69) is 0 Å². The van der Waals surface area contributed by atoms with Crippen LogP contribution in [0.25, 0.3) is 0 Å². The van der Waals surface area contributed by atoms with E-state index in [9.17, 15) is 25.5 Å². The number of hydrogen-bond donors (Lipinski definition) is 5. The zero-order chi connectivity index (χ0) is 16.8. The molecule has 1 fully saturated rings. The molecule has 0 amide bonds. The van der Waals surface area contributed by atoms with E-state index in [1.807, 2.05) is 6.08 Å². The van der Waals surface area contributed by atoms with E-state index in [-0.39, 0.29) is 0 Å². The molecule has 0 saturated carbocycles. The summed E-state index contributed by atoms with van der Waals surface area (Å²) in [5.74, 6) is -0.472. The molecular formula is C15H22O8. The predicted molar refractivity (Wildman–Crippen MR) is 75.7 cm³/mol. The second kappa shape index (κ2) is 6.14. The van der Waals surface area contributed by atoms with Crippen molar-refractivity contribution < 1.29 is 39.7 Å². The molecule has 8 nitrogen and oxygen atoms in total. The Morgan fingerprint density at radius 1 is 1.22 bits per heavy atom. The predicted octanol–water partition coefficient (Wildman–Crippen LogP) is -1.63. The first-order valence-corrected chi connectivity index (χ1v) is 7.55. The van der Waals surface area contributed by atoms with Crippen LogP contribution in [0.4, 0.5) is 0 Å². The number of ether oxygens (including phenoxy) is 3. The first kappa shape index (κ1) is 16.8. The maximum absolute atomic E-state index is 10.5. The fourth-order valence-electron chi connectivity index (χ4n) is 3.26. The average molecular weight is 330 g/mol. The Bertz CT molecular complexity index is 500. The highest BCUT2D eigenvalue weighted by Crippen LogP contribution is 2.42. The van der Waals surface area contributed by atoms with Gasteiger partial charge in [-0.25, -0.2) is 0 Å². The molecule has 0 unspecified atom stereocenters. The largest absolute Gasteiger partial charge is 0.472 e. The van der Waals surface area contributed by atoms with Gasteiger partial charge < -0.3 is 39.7 Å². The Balaban J connectivity index is 1.75. The Morgan fingerprint density at radius 2 is 1.96 bits per heavy atom. The summed E-state index contributed by atoms with van der Waals surface area (Å²) in [4.78, 5) is 0. The van der Waals surface area contributed by atoms with Crippen LogP contribution in [0.15, 0.2) is 24.0 Å². The van der Waals surface area contributed by atoms with Crippen LogP contribution in [0.1, 0.15) is 13.3 Å². The number of rotatable bonds is 3. The minimum Gasteiger partial charge on any atom is -0.472 e. The summed E-state index contributed by atoms with van der Waals surface area (Å²) in [6, 6.07) is 0. The molecule has 2 heterocycles. The summed E-state index contributed by atoms with van der Waals surface area (Å²) >= 11 is 0. The van der Waals surface area contributed by atoms with Crippen LogP contribution >= 0.6 is 0 Å². The van der Waals surface area contributed by atoms with Gasteiger partial charge in [-0.05, 0) is 25.0 Å². The minimum absolute atomic E-state index is 0.440. The van der Waals surface area contributed by atoms with Crippen LogP contribution in [0, 0.1) is 5.92 Å². The number of hydrogen-bond acceptors (Lipinski definition) is 8. The molecule has 8 atom stereocenters. The van der Waals surface area contributed by atoms with Crippen molar-refractivity contribution in [2.45, 2.75) is 55.9 Å². The Morgan fingerprint density at radius 3 is 2.65 bits per heavy atom. The van der Waals surface area contributed by atoms with E-state index in [1.165, 1.54) is 6.26 Å². The summed E-state index contributed by atoms with van der Waals surface area (Å²) in [5.41, 5.74) is -0.213. The summed E-state index contributed by atoms with van der Waals surface area (Å²) in [5, 5.41) is 49.3. The molecule has 0 aromatic carbocycles. The molecule has 5 N–H and O–H groups in total. The van der Waals surface area contributed by atoms with Crippen molar-refractivity contribution in [2.24, 2.45) is 5.92 Å². The van der Waals surface area contributed by atoms with Gasteiger partial charge in [-0.1, -0.05) is 6.08 Å². The van der Waals surface area contributed by atoms with Gasteiger partial charge >= 0.3 is 0 Å². The van der Waals surface area contributed by atoms with Gasteiger partial charge in [0.15, 0.2) is 6.29 Å². The number of allylic oxidation sites excluding steroid dienone is 1. The molecule has 8 heteroatoms. The van der Waals surface area contributed by atoms with E-state index in [0.29, 0.717) is 6.42 Å². The Labute approximate surface area is 133 Å². The molecule has 0 bridgehead atoms. The molecule has 2 aliphatic heterocycles. The maximum Gasteiger partial charge on any atom is 0.211 e. The third-order valence-corrected chi connectivity index (χ3v) is 4.64. The van der Waals surface area contributed by atoms with Crippen LogP contribution in [0.3, 0.4) is 0 Å². The summed E-state index contributed by atoms with van der Waals surface area (Å²) in [6.45, 7) is 1.12. The smallest absolute Gasteiger partial charge is 0.211 e. The quantitative estimate of drug-likeness (QED) is 0.417. The van der Waals surface area contributed by atoms with Crippen molar-refractivity contribution in [2.75, 3.05) is 6.61 Å². The summed E-state index contributed by atoms with van der Waals surface area (Å²) in [6.07, 6.45) is -2.29. The molecular weight excluding hydrogens is 308 g/mol. The molecule has 3 aliphatic rings. The lowest BCUT2D eigenvalue weighted by atomic mass is 9.86. The van der Waals surface area contributed by atoms with Crippen molar-refractivity contribution in [3.63, 3.8) is 0 Å². The highest BCUT2D eigenvalue weighted by atomic mass is 16.8. The first-order valence-electron chi connectivity index (χ1n) is 7.55. The van der Waals surface area contributed by atoms with E-state index in [1.54, 1.807) is 13.0 Å². The van der Waals surface area contributed by atoms with E-state index in [4.69, 9.17) is 14.2 Å². The molecule has 130 valence electrons. The second-order valence-corrected chi connectivity index (χ2v) is 6.38. The fourth-order valence-corrected chi connectivity index (χ4v) is 3.26. The second-order valence-electron chi connectivity index (χ2n) is 6.38. The third kappa shape index (κ3) is 2.91. The number of aliphatic hydroxyl groups excluding tert-OH is 4. The van der Waals surface area contributed by atoms with Crippen LogP contribution < -0.4 is 0 Å². The maximum atomic E-state index is 10.5. The SMILES string of the molecule is C[C@]1(O)CC=C2C=CO[C@@H](O[C@H]3O[C@@H](CO)[C@H](O)[C@@H](O)[C@@H]3O)[C@@H]21. The van der Waals surface area contributed by atoms with Crippen molar-refractivity contribution >= 4 is 0 Å².